The average molecular weight is 487 g/mol. The van der Waals surface area contributed by atoms with E-state index in [-0.39, 0.29) is 0 Å². The topological polar surface area (TPSA) is 110 Å². The zero-order chi connectivity index (χ0) is 25.2. The second-order valence-electron chi connectivity index (χ2n) is 9.39. The summed E-state index contributed by atoms with van der Waals surface area (Å²) in [6, 6.07) is 22.9. The molecular weight excluding hydrogens is 460 g/mol. The zero-order valence-electron chi connectivity index (χ0n) is 20.3. The van der Waals surface area contributed by atoms with Gasteiger partial charge in [0.15, 0.2) is 5.65 Å². The Kier molecular flexibility index (Phi) is 6.05. The first-order chi connectivity index (χ1) is 18.2. The molecule has 5 aromatic rings. The van der Waals surface area contributed by atoms with Crippen molar-refractivity contribution in [2.24, 2.45) is 0 Å². The van der Waals surface area contributed by atoms with E-state index >= 15 is 0 Å². The lowest BCUT2D eigenvalue weighted by atomic mass is 10.00. The highest BCUT2D eigenvalue weighted by Crippen LogP contribution is 2.29. The van der Waals surface area contributed by atoms with Gasteiger partial charge in [-0.25, -0.2) is 14.6 Å². The Morgan fingerprint density at radius 2 is 1.68 bits per heavy atom. The molecule has 6 rings (SSSR count). The van der Waals surface area contributed by atoms with Crippen LogP contribution in [0, 0.1) is 11.3 Å². The number of anilines is 1. The van der Waals surface area contributed by atoms with Crippen molar-refractivity contribution in [3.05, 3.63) is 90.5 Å². The lowest BCUT2D eigenvalue weighted by Crippen LogP contribution is -2.34. The lowest BCUT2D eigenvalue weighted by Gasteiger charge is -2.32. The van der Waals surface area contributed by atoms with Crippen molar-refractivity contribution >= 4 is 16.9 Å². The van der Waals surface area contributed by atoms with Gasteiger partial charge in [0.1, 0.15) is 18.2 Å². The Morgan fingerprint density at radius 1 is 0.892 bits per heavy atom. The van der Waals surface area contributed by atoms with E-state index in [1.165, 1.54) is 11.9 Å². The minimum Gasteiger partial charge on any atom is -0.383 e. The molecule has 8 heteroatoms. The van der Waals surface area contributed by atoms with Gasteiger partial charge in [0.2, 0.25) is 0 Å². The molecule has 0 amide bonds. The molecule has 1 fully saturated rings. The number of hydrogen-bond acceptors (Lipinski definition) is 7. The van der Waals surface area contributed by atoms with Gasteiger partial charge in [0.05, 0.1) is 28.9 Å². The average Bonchev–Trinajstić information content (AvgIpc) is 3.40. The number of rotatable bonds is 5. The number of benzene rings is 2. The number of nitrogens with two attached hydrogens (primary N) is 1. The number of piperidine rings is 1. The third-order valence-electron chi connectivity index (χ3n) is 7.07. The van der Waals surface area contributed by atoms with Crippen molar-refractivity contribution in [1.82, 2.24) is 29.6 Å². The summed E-state index contributed by atoms with van der Waals surface area (Å²) in [4.78, 5) is 15.6. The predicted molar refractivity (Wildman–Crippen MR) is 143 cm³/mol. The summed E-state index contributed by atoms with van der Waals surface area (Å²) < 4.78 is 2.00. The first-order valence-corrected chi connectivity index (χ1v) is 12.4. The number of nitriles is 1. The van der Waals surface area contributed by atoms with E-state index in [0.29, 0.717) is 23.1 Å². The molecule has 3 aromatic heterocycles. The molecule has 2 aromatic carbocycles. The Balaban J connectivity index is 1.12. The SMILES string of the molecule is N#Cc1cc(-c2ccccc2)cnc1-c1ccc(CN2CCC(n3ncc4c(N)ncnc43)CC2)cc1. The van der Waals surface area contributed by atoms with Crippen LogP contribution in [0.25, 0.3) is 33.4 Å². The third-order valence-corrected chi connectivity index (χ3v) is 7.07. The van der Waals surface area contributed by atoms with E-state index < -0.39 is 0 Å². The van der Waals surface area contributed by atoms with Gasteiger partial charge in [-0.3, -0.25) is 9.88 Å². The number of nitrogen functional groups attached to an aromatic ring is 1. The van der Waals surface area contributed by atoms with Crippen LogP contribution < -0.4 is 5.73 Å². The maximum atomic E-state index is 9.77. The molecule has 0 bridgehead atoms. The molecule has 0 saturated carbocycles. The molecule has 0 atom stereocenters. The summed E-state index contributed by atoms with van der Waals surface area (Å²) in [5, 5.41) is 15.1. The number of aromatic nitrogens is 5. The smallest absolute Gasteiger partial charge is 0.163 e. The fourth-order valence-electron chi connectivity index (χ4n) is 5.06. The number of likely N-dealkylation sites (tertiary alicyclic amines) is 1. The van der Waals surface area contributed by atoms with Crippen molar-refractivity contribution in [1.29, 1.82) is 5.26 Å². The van der Waals surface area contributed by atoms with E-state index in [2.05, 4.69) is 55.3 Å². The van der Waals surface area contributed by atoms with Crippen molar-refractivity contribution in [3.8, 4) is 28.5 Å². The number of hydrogen-bond donors (Lipinski definition) is 1. The van der Waals surface area contributed by atoms with Gasteiger partial charge < -0.3 is 5.73 Å². The van der Waals surface area contributed by atoms with Gasteiger partial charge in [-0.05, 0) is 30.0 Å². The molecule has 2 N–H and O–H groups in total. The molecule has 0 aliphatic carbocycles. The van der Waals surface area contributed by atoms with Crippen LogP contribution in [-0.4, -0.2) is 42.7 Å². The number of fused-ring (bicyclic) bond motifs is 1. The van der Waals surface area contributed by atoms with E-state index in [9.17, 15) is 5.26 Å². The number of nitrogens with zero attached hydrogens (tertiary/aromatic N) is 7. The molecule has 1 saturated heterocycles. The maximum Gasteiger partial charge on any atom is 0.163 e. The largest absolute Gasteiger partial charge is 0.383 e. The highest BCUT2D eigenvalue weighted by atomic mass is 15.3. The van der Waals surface area contributed by atoms with Gasteiger partial charge in [-0.1, -0.05) is 54.6 Å². The summed E-state index contributed by atoms with van der Waals surface area (Å²) >= 11 is 0. The van der Waals surface area contributed by atoms with Crippen LogP contribution in [-0.2, 0) is 6.54 Å². The zero-order valence-corrected chi connectivity index (χ0v) is 20.3. The summed E-state index contributed by atoms with van der Waals surface area (Å²) in [7, 11) is 0. The molecule has 1 aliphatic heterocycles. The summed E-state index contributed by atoms with van der Waals surface area (Å²) in [5.74, 6) is 0.473. The van der Waals surface area contributed by atoms with Gasteiger partial charge in [0, 0.05) is 37.0 Å². The fraction of sp³-hybridized carbons (Fsp3) is 0.207. The van der Waals surface area contributed by atoms with Crippen LogP contribution >= 0.6 is 0 Å². The van der Waals surface area contributed by atoms with Crippen LogP contribution in [0.3, 0.4) is 0 Å². The molecule has 0 spiro atoms. The second kappa shape index (κ2) is 9.80. The van der Waals surface area contributed by atoms with E-state index in [1.807, 2.05) is 47.3 Å². The van der Waals surface area contributed by atoms with Crippen molar-refractivity contribution in [2.45, 2.75) is 25.4 Å². The van der Waals surface area contributed by atoms with E-state index in [4.69, 9.17) is 5.73 Å². The normalized spacial score (nSPS) is 14.6. The first kappa shape index (κ1) is 22.8. The summed E-state index contributed by atoms with van der Waals surface area (Å²) in [6.07, 6.45) is 7.11. The van der Waals surface area contributed by atoms with Crippen LogP contribution in [0.4, 0.5) is 5.82 Å². The number of pyridine rings is 1. The standard InChI is InChI=1S/C29H26N8/c30-15-23-14-24(21-4-2-1-3-5-21)16-32-27(23)22-8-6-20(7-9-22)18-36-12-10-25(11-13-36)37-29-26(17-35-37)28(31)33-19-34-29/h1-9,14,16-17,19,25H,10-13,18H2,(H2,31,33,34). The minimum absolute atomic E-state index is 0.305. The Hall–Kier alpha value is -4.61. The molecule has 4 heterocycles. The quantitative estimate of drug-likeness (QED) is 0.378. The Labute approximate surface area is 215 Å². The Morgan fingerprint density at radius 3 is 2.43 bits per heavy atom. The van der Waals surface area contributed by atoms with Gasteiger partial charge in [-0.2, -0.15) is 10.4 Å². The maximum absolute atomic E-state index is 9.77. The monoisotopic (exact) mass is 486 g/mol. The fourth-order valence-corrected chi connectivity index (χ4v) is 5.06. The molecular formula is C29H26N8. The molecule has 8 nitrogen and oxygen atoms in total. The highest BCUT2D eigenvalue weighted by molar-refractivity contribution is 5.84. The van der Waals surface area contributed by atoms with Crippen LogP contribution in [0.2, 0.25) is 0 Å². The molecule has 0 unspecified atom stereocenters. The highest BCUT2D eigenvalue weighted by Gasteiger charge is 2.23. The lowest BCUT2D eigenvalue weighted by molar-refractivity contribution is 0.175. The van der Waals surface area contributed by atoms with Crippen LogP contribution in [0.1, 0.15) is 30.0 Å². The van der Waals surface area contributed by atoms with Gasteiger partial charge in [0.25, 0.3) is 0 Å². The third kappa shape index (κ3) is 4.53. The summed E-state index contributed by atoms with van der Waals surface area (Å²) in [6.45, 7) is 2.85. The first-order valence-electron chi connectivity index (χ1n) is 12.4. The minimum atomic E-state index is 0.305. The van der Waals surface area contributed by atoms with Crippen LogP contribution in [0.15, 0.2) is 79.4 Å². The molecule has 1 aliphatic rings. The van der Waals surface area contributed by atoms with Crippen molar-refractivity contribution in [2.75, 3.05) is 18.8 Å². The van der Waals surface area contributed by atoms with Crippen LogP contribution in [0.5, 0.6) is 0 Å². The van der Waals surface area contributed by atoms with Gasteiger partial charge in [-0.15, -0.1) is 0 Å². The predicted octanol–water partition coefficient (Wildman–Crippen LogP) is 4.85. The van der Waals surface area contributed by atoms with E-state index in [0.717, 1.165) is 60.2 Å². The van der Waals surface area contributed by atoms with Gasteiger partial charge >= 0.3 is 0 Å². The molecule has 37 heavy (non-hydrogen) atoms. The molecule has 0 radical (unpaired) electrons. The summed E-state index contributed by atoms with van der Waals surface area (Å²) in [5.41, 5.74) is 12.3. The van der Waals surface area contributed by atoms with Crippen molar-refractivity contribution in [3.63, 3.8) is 0 Å². The Bertz CT molecular complexity index is 1580. The second-order valence-corrected chi connectivity index (χ2v) is 9.39. The molecule has 182 valence electrons. The van der Waals surface area contributed by atoms with Crippen molar-refractivity contribution < 1.29 is 0 Å². The van der Waals surface area contributed by atoms with E-state index in [1.54, 1.807) is 6.20 Å².